The van der Waals surface area contributed by atoms with E-state index in [1.807, 2.05) is 6.07 Å². The van der Waals surface area contributed by atoms with Crippen molar-refractivity contribution in [1.29, 1.82) is 0 Å². The summed E-state index contributed by atoms with van der Waals surface area (Å²) in [5.41, 5.74) is 1.89. The number of ketones is 1. The molecule has 7 nitrogen and oxygen atoms in total. The highest BCUT2D eigenvalue weighted by molar-refractivity contribution is 6.35. The number of carbonyl (C=O) groups is 2. The number of halogens is 3. The Hall–Kier alpha value is -4.76. The molecule has 0 aliphatic carbocycles. The summed E-state index contributed by atoms with van der Waals surface area (Å²) in [4.78, 5) is 38.6. The third-order valence-electron chi connectivity index (χ3n) is 5.41. The molecule has 0 bridgehead atoms. The molecule has 0 saturated heterocycles. The van der Waals surface area contributed by atoms with E-state index in [4.69, 9.17) is 11.6 Å². The summed E-state index contributed by atoms with van der Waals surface area (Å²) in [5.74, 6) is -2.26. The Bertz CT molecular complexity index is 1660. The third kappa shape index (κ3) is 5.12. The Labute approximate surface area is 214 Å². The van der Waals surface area contributed by atoms with Gasteiger partial charge in [0.1, 0.15) is 5.82 Å². The van der Waals surface area contributed by atoms with Crippen molar-refractivity contribution in [2.24, 2.45) is 0 Å². The maximum absolute atomic E-state index is 15.4. The molecule has 0 saturated carbocycles. The highest BCUT2D eigenvalue weighted by Gasteiger charge is 2.22. The average molecular weight is 516 g/mol. The van der Waals surface area contributed by atoms with E-state index in [2.05, 4.69) is 25.6 Å². The highest BCUT2D eigenvalue weighted by atomic mass is 35.5. The van der Waals surface area contributed by atoms with Crippen molar-refractivity contribution < 1.29 is 18.4 Å². The smallest absolute Gasteiger partial charge is 0.308 e. The first-order chi connectivity index (χ1) is 17.9. The van der Waals surface area contributed by atoms with Crippen molar-refractivity contribution in [3.63, 3.8) is 0 Å². The number of urea groups is 1. The number of fused-ring (bicyclic) bond motifs is 1. The fourth-order valence-corrected chi connectivity index (χ4v) is 3.89. The minimum atomic E-state index is -1.01. The highest BCUT2D eigenvalue weighted by Crippen LogP contribution is 2.29. The largest absolute Gasteiger partial charge is 0.323 e. The molecule has 2 heterocycles. The minimum absolute atomic E-state index is 0.131. The molecule has 10 heteroatoms. The van der Waals surface area contributed by atoms with Crippen molar-refractivity contribution in [2.75, 3.05) is 10.6 Å². The molecule has 3 aromatic carbocycles. The van der Waals surface area contributed by atoms with Crippen molar-refractivity contribution >= 4 is 45.8 Å². The lowest BCUT2D eigenvalue weighted by Crippen LogP contribution is -2.21. The topological polar surface area (TPSA) is 96.9 Å². The number of amides is 2. The van der Waals surface area contributed by atoms with Crippen LogP contribution in [0.1, 0.15) is 15.9 Å². The fraction of sp³-hybridized carbons (Fsp3) is 0. The lowest BCUT2D eigenvalue weighted by Gasteiger charge is -2.12. The maximum Gasteiger partial charge on any atom is 0.323 e. The molecule has 0 unspecified atom stereocenters. The molecule has 0 radical (unpaired) electrons. The summed E-state index contributed by atoms with van der Waals surface area (Å²) in [6.45, 7) is 0. The van der Waals surface area contributed by atoms with Crippen LogP contribution in [0.15, 0.2) is 85.3 Å². The van der Waals surface area contributed by atoms with Crippen LogP contribution in [-0.4, -0.2) is 26.8 Å². The molecule has 0 atom stereocenters. The molecule has 0 spiro atoms. The van der Waals surface area contributed by atoms with Crippen LogP contribution in [0.4, 0.5) is 25.0 Å². The number of aromatic nitrogens is 3. The molecule has 2 N–H and O–H groups in total. The van der Waals surface area contributed by atoms with Gasteiger partial charge in [0.2, 0.25) is 0 Å². The van der Waals surface area contributed by atoms with Gasteiger partial charge in [0.05, 0.1) is 39.2 Å². The molecule has 5 rings (SSSR count). The van der Waals surface area contributed by atoms with Crippen molar-refractivity contribution in [1.82, 2.24) is 15.0 Å². The Balaban J connectivity index is 1.44. The number of hydrogen-bond acceptors (Lipinski definition) is 5. The number of benzene rings is 3. The fourth-order valence-electron chi connectivity index (χ4n) is 3.66. The van der Waals surface area contributed by atoms with E-state index >= 15 is 4.39 Å². The molecule has 2 aromatic heterocycles. The first-order valence-electron chi connectivity index (χ1n) is 10.9. The van der Waals surface area contributed by atoms with Crippen LogP contribution < -0.4 is 10.6 Å². The molecule has 2 amide bonds. The summed E-state index contributed by atoms with van der Waals surface area (Å²) in [5, 5.41) is 4.59. The van der Waals surface area contributed by atoms with E-state index in [9.17, 15) is 14.0 Å². The first-order valence-corrected chi connectivity index (χ1v) is 11.3. The summed E-state index contributed by atoms with van der Waals surface area (Å²) >= 11 is 6.19. The molecule has 0 aliphatic rings. The zero-order valence-corrected chi connectivity index (χ0v) is 19.6. The predicted octanol–water partition coefficient (Wildman–Crippen LogP) is 6.50. The van der Waals surface area contributed by atoms with E-state index in [0.717, 1.165) is 11.6 Å². The Morgan fingerprint density at radius 3 is 2.51 bits per heavy atom. The van der Waals surface area contributed by atoms with Crippen LogP contribution in [0, 0.1) is 11.6 Å². The van der Waals surface area contributed by atoms with Crippen molar-refractivity contribution in [3.8, 4) is 11.3 Å². The Morgan fingerprint density at radius 1 is 0.865 bits per heavy atom. The Morgan fingerprint density at radius 2 is 1.73 bits per heavy atom. The number of anilines is 2. The van der Waals surface area contributed by atoms with E-state index < -0.39 is 29.0 Å². The van der Waals surface area contributed by atoms with Crippen LogP contribution >= 0.6 is 11.6 Å². The van der Waals surface area contributed by atoms with Gasteiger partial charge in [-0.1, -0.05) is 17.7 Å². The van der Waals surface area contributed by atoms with Crippen molar-refractivity contribution in [3.05, 3.63) is 113 Å². The van der Waals surface area contributed by atoms with Crippen LogP contribution in [0.2, 0.25) is 5.02 Å². The van der Waals surface area contributed by atoms with E-state index in [1.165, 1.54) is 42.5 Å². The molecule has 5 aromatic rings. The summed E-state index contributed by atoms with van der Waals surface area (Å²) in [6.07, 6.45) is 4.88. The molecule has 0 fully saturated rings. The van der Waals surface area contributed by atoms with Crippen LogP contribution in [0.3, 0.4) is 0 Å². The number of nitrogens with zero attached hydrogens (tertiary/aromatic N) is 3. The second kappa shape index (κ2) is 10.1. The monoisotopic (exact) mass is 515 g/mol. The summed E-state index contributed by atoms with van der Waals surface area (Å²) in [6, 6.07) is 15.1. The second-order valence-electron chi connectivity index (χ2n) is 7.90. The number of pyridine rings is 1. The van der Waals surface area contributed by atoms with Gasteiger partial charge in [-0.05, 0) is 60.7 Å². The van der Waals surface area contributed by atoms with Gasteiger partial charge in [0, 0.05) is 29.2 Å². The van der Waals surface area contributed by atoms with Gasteiger partial charge in [0.15, 0.2) is 11.6 Å². The maximum atomic E-state index is 15.4. The zero-order valence-electron chi connectivity index (χ0n) is 18.9. The van der Waals surface area contributed by atoms with Gasteiger partial charge >= 0.3 is 6.03 Å². The Kier molecular flexibility index (Phi) is 6.53. The van der Waals surface area contributed by atoms with Gasteiger partial charge in [-0.3, -0.25) is 14.8 Å². The lowest BCUT2D eigenvalue weighted by atomic mass is 10.0. The van der Waals surface area contributed by atoms with Crippen LogP contribution in [0.25, 0.3) is 22.3 Å². The summed E-state index contributed by atoms with van der Waals surface area (Å²) < 4.78 is 28.8. The van der Waals surface area contributed by atoms with Gasteiger partial charge < -0.3 is 10.6 Å². The molecular formula is C27H16ClF2N5O2. The lowest BCUT2D eigenvalue weighted by molar-refractivity contribution is 0.103. The minimum Gasteiger partial charge on any atom is -0.308 e. The average Bonchev–Trinajstić information content (AvgIpc) is 2.90. The zero-order chi connectivity index (χ0) is 25.9. The van der Waals surface area contributed by atoms with E-state index in [0.29, 0.717) is 16.7 Å². The van der Waals surface area contributed by atoms with E-state index in [1.54, 1.807) is 30.7 Å². The first kappa shape index (κ1) is 24.0. The quantitative estimate of drug-likeness (QED) is 0.260. The number of hydrogen-bond donors (Lipinski definition) is 2. The molecule has 182 valence electrons. The second-order valence-corrected chi connectivity index (χ2v) is 8.31. The van der Waals surface area contributed by atoms with Gasteiger partial charge in [-0.25, -0.2) is 18.6 Å². The van der Waals surface area contributed by atoms with Crippen LogP contribution in [0.5, 0.6) is 0 Å². The number of nitrogens with one attached hydrogen (secondary N) is 2. The SMILES string of the molecule is O=C(Nc1cccc(F)c1)Nc1ccc(Cl)c(C(=O)c2ccc3ncc(-c4cccnc4)nc3c2)c1F. The van der Waals surface area contributed by atoms with Crippen LogP contribution in [-0.2, 0) is 0 Å². The van der Waals surface area contributed by atoms with E-state index in [-0.39, 0.29) is 22.0 Å². The molecule has 0 aliphatic heterocycles. The molecule has 37 heavy (non-hydrogen) atoms. The number of rotatable bonds is 5. The summed E-state index contributed by atoms with van der Waals surface area (Å²) in [7, 11) is 0. The number of carbonyl (C=O) groups excluding carboxylic acids is 2. The predicted molar refractivity (Wildman–Crippen MR) is 137 cm³/mol. The van der Waals surface area contributed by atoms with Gasteiger partial charge in [-0.2, -0.15) is 0 Å². The van der Waals surface area contributed by atoms with Gasteiger partial charge in [-0.15, -0.1) is 0 Å². The third-order valence-corrected chi connectivity index (χ3v) is 5.73. The normalized spacial score (nSPS) is 10.8. The van der Waals surface area contributed by atoms with Gasteiger partial charge in [0.25, 0.3) is 0 Å². The molecular weight excluding hydrogens is 500 g/mol. The van der Waals surface area contributed by atoms with Crippen molar-refractivity contribution in [2.45, 2.75) is 0 Å². The standard InChI is InChI=1S/C27H16ClF2N5O2/c28-19-7-9-21(35-27(37)33-18-5-1-4-17(29)12-18)25(30)24(19)26(36)15-6-8-20-22(11-15)34-23(14-32-20)16-3-2-10-31-13-16/h1-14H,(H2,33,35,37).